The van der Waals surface area contributed by atoms with Crippen molar-refractivity contribution in [3.05, 3.63) is 22.4 Å². The van der Waals surface area contributed by atoms with Gasteiger partial charge in [0.05, 0.1) is 6.54 Å². The van der Waals surface area contributed by atoms with Gasteiger partial charge in [0.1, 0.15) is 0 Å². The largest absolute Gasteiger partial charge is 0.479 e. The molecular weight excluding hydrogens is 256 g/mol. The monoisotopic (exact) mass is 270 g/mol. The number of amides is 2. The fourth-order valence-electron chi connectivity index (χ4n) is 1.54. The Morgan fingerprint density at radius 1 is 1.56 bits per heavy atom. The second-order valence-corrected chi connectivity index (χ2v) is 5.06. The maximum absolute atomic E-state index is 11.8. The number of carboxylic acids is 1. The Morgan fingerprint density at radius 3 is 2.89 bits per heavy atom. The van der Waals surface area contributed by atoms with Crippen molar-refractivity contribution in [1.29, 1.82) is 0 Å². The summed E-state index contributed by atoms with van der Waals surface area (Å²) in [4.78, 5) is 29.5. The van der Waals surface area contributed by atoms with Crippen LogP contribution in [0.5, 0.6) is 0 Å². The Kier molecular flexibility index (Phi) is 4.16. The highest BCUT2D eigenvalue weighted by atomic mass is 32.1. The normalized spacial score (nSPS) is 14.2. The molecule has 0 radical (unpaired) electrons. The van der Waals surface area contributed by atoms with Gasteiger partial charge in [-0.3, -0.25) is 4.84 Å². The van der Waals surface area contributed by atoms with E-state index in [-0.39, 0.29) is 12.1 Å². The summed E-state index contributed by atoms with van der Waals surface area (Å²) in [7, 11) is 0. The molecule has 7 heteroatoms. The molecule has 0 bridgehead atoms. The summed E-state index contributed by atoms with van der Waals surface area (Å²) in [5, 5.41) is 10.4. The highest BCUT2D eigenvalue weighted by molar-refractivity contribution is 7.09. The number of urea groups is 1. The van der Waals surface area contributed by atoms with Gasteiger partial charge in [-0.25, -0.2) is 15.1 Å². The summed E-state index contributed by atoms with van der Waals surface area (Å²) in [5.74, 6) is -1.12. The van der Waals surface area contributed by atoms with Crippen molar-refractivity contribution in [2.45, 2.75) is 25.4 Å². The first-order valence-electron chi connectivity index (χ1n) is 5.59. The number of carbonyl (C=O) groups is 2. The molecule has 0 unspecified atom stereocenters. The molecule has 6 nitrogen and oxygen atoms in total. The molecule has 1 aliphatic carbocycles. The van der Waals surface area contributed by atoms with Crippen LogP contribution in [0.1, 0.15) is 17.7 Å². The minimum absolute atomic E-state index is 0.237. The number of hydroxylamine groups is 1. The number of nitrogens with one attached hydrogen (secondary N) is 1. The molecule has 1 saturated carbocycles. The van der Waals surface area contributed by atoms with Crippen LogP contribution in [0.4, 0.5) is 4.79 Å². The number of thiophene rings is 1. The van der Waals surface area contributed by atoms with E-state index in [9.17, 15) is 9.59 Å². The van der Waals surface area contributed by atoms with Crippen molar-refractivity contribution in [2.24, 2.45) is 0 Å². The number of carboxylic acid groups (broad SMARTS) is 1. The van der Waals surface area contributed by atoms with Crippen LogP contribution in [-0.2, 0) is 16.2 Å². The fourth-order valence-corrected chi connectivity index (χ4v) is 2.24. The molecule has 1 heterocycles. The van der Waals surface area contributed by atoms with Crippen molar-refractivity contribution in [2.75, 3.05) is 6.61 Å². The number of carbonyl (C=O) groups excluding carboxylic acids is 1. The number of hydrogen-bond acceptors (Lipinski definition) is 4. The van der Waals surface area contributed by atoms with Gasteiger partial charge in [-0.1, -0.05) is 6.07 Å². The van der Waals surface area contributed by atoms with Gasteiger partial charge in [0, 0.05) is 10.9 Å². The van der Waals surface area contributed by atoms with Crippen LogP contribution in [0.3, 0.4) is 0 Å². The van der Waals surface area contributed by atoms with Gasteiger partial charge >= 0.3 is 12.0 Å². The molecule has 2 N–H and O–H groups in total. The quantitative estimate of drug-likeness (QED) is 0.767. The molecular formula is C11H14N2O4S. The average Bonchev–Trinajstić information content (AvgIpc) is 3.02. The maximum atomic E-state index is 11.8. The zero-order valence-corrected chi connectivity index (χ0v) is 10.5. The van der Waals surface area contributed by atoms with Crippen LogP contribution in [0.25, 0.3) is 0 Å². The minimum Gasteiger partial charge on any atom is -0.479 e. The van der Waals surface area contributed by atoms with E-state index in [1.165, 1.54) is 0 Å². The van der Waals surface area contributed by atoms with Crippen molar-refractivity contribution in [3.63, 3.8) is 0 Å². The fraction of sp³-hybridized carbons (Fsp3) is 0.455. The highest BCUT2D eigenvalue weighted by Crippen LogP contribution is 2.29. The lowest BCUT2D eigenvalue weighted by Gasteiger charge is -2.21. The zero-order chi connectivity index (χ0) is 13.0. The van der Waals surface area contributed by atoms with Crippen LogP contribution in [0, 0.1) is 0 Å². The third-order valence-corrected chi connectivity index (χ3v) is 3.37. The lowest BCUT2D eigenvalue weighted by atomic mass is 10.4. The number of aliphatic carboxylic acids is 1. The molecule has 1 aromatic rings. The van der Waals surface area contributed by atoms with E-state index in [4.69, 9.17) is 5.11 Å². The van der Waals surface area contributed by atoms with Gasteiger partial charge in [0.15, 0.2) is 6.61 Å². The Hall–Kier alpha value is -1.60. The Bertz CT molecular complexity index is 417. The van der Waals surface area contributed by atoms with Gasteiger partial charge in [-0.05, 0) is 24.3 Å². The summed E-state index contributed by atoms with van der Waals surface area (Å²) < 4.78 is 0. The van der Waals surface area contributed by atoms with E-state index < -0.39 is 12.6 Å². The molecule has 0 atom stereocenters. The van der Waals surface area contributed by atoms with E-state index >= 15 is 0 Å². The molecule has 2 rings (SSSR count). The molecule has 0 aromatic carbocycles. The number of nitrogens with zero attached hydrogens (tertiary/aromatic N) is 1. The Balaban J connectivity index is 1.85. The molecule has 18 heavy (non-hydrogen) atoms. The molecule has 0 saturated heterocycles. The summed E-state index contributed by atoms with van der Waals surface area (Å²) in [6.45, 7) is -0.00610. The SMILES string of the molecule is O=C(O)CONC(=O)N(Cc1cccs1)C1CC1. The van der Waals surface area contributed by atoms with Crippen molar-refractivity contribution in [1.82, 2.24) is 10.4 Å². The predicted molar refractivity (Wildman–Crippen MR) is 65.0 cm³/mol. The van der Waals surface area contributed by atoms with Crippen molar-refractivity contribution >= 4 is 23.3 Å². The Labute approximate surface area is 108 Å². The zero-order valence-electron chi connectivity index (χ0n) is 9.67. The van der Waals surface area contributed by atoms with Gasteiger partial charge in [-0.2, -0.15) is 0 Å². The number of rotatable bonds is 6. The van der Waals surface area contributed by atoms with E-state index in [0.717, 1.165) is 17.7 Å². The van der Waals surface area contributed by atoms with E-state index in [0.29, 0.717) is 6.54 Å². The second kappa shape index (κ2) is 5.83. The first-order chi connectivity index (χ1) is 8.66. The predicted octanol–water partition coefficient (Wildman–Crippen LogP) is 1.44. The van der Waals surface area contributed by atoms with Crippen LogP contribution in [0.15, 0.2) is 17.5 Å². The lowest BCUT2D eigenvalue weighted by molar-refractivity contribution is -0.144. The Morgan fingerprint density at radius 2 is 2.33 bits per heavy atom. The highest BCUT2D eigenvalue weighted by Gasteiger charge is 2.33. The summed E-state index contributed by atoms with van der Waals surface area (Å²) in [6, 6.07) is 3.75. The van der Waals surface area contributed by atoms with Crippen LogP contribution >= 0.6 is 11.3 Å². The van der Waals surface area contributed by atoms with E-state index in [2.05, 4.69) is 10.3 Å². The summed E-state index contributed by atoms with van der Waals surface area (Å²) in [6.07, 6.45) is 1.97. The molecule has 98 valence electrons. The second-order valence-electron chi connectivity index (χ2n) is 4.03. The summed E-state index contributed by atoms with van der Waals surface area (Å²) in [5.41, 5.74) is 2.16. The standard InChI is InChI=1S/C11H14N2O4S/c14-10(15)7-17-12-11(16)13(8-3-4-8)6-9-2-1-5-18-9/h1-2,5,8H,3-4,6-7H2,(H,12,16)(H,14,15). The average molecular weight is 270 g/mol. The third-order valence-electron chi connectivity index (χ3n) is 2.51. The van der Waals surface area contributed by atoms with E-state index in [1.54, 1.807) is 16.2 Å². The van der Waals surface area contributed by atoms with Crippen LogP contribution < -0.4 is 5.48 Å². The molecule has 1 fully saturated rings. The maximum Gasteiger partial charge on any atom is 0.341 e. The van der Waals surface area contributed by atoms with Crippen molar-refractivity contribution in [3.8, 4) is 0 Å². The lowest BCUT2D eigenvalue weighted by Crippen LogP contribution is -2.41. The van der Waals surface area contributed by atoms with Crippen LogP contribution in [-0.4, -0.2) is 34.7 Å². The topological polar surface area (TPSA) is 78.9 Å². The number of hydrogen-bond donors (Lipinski definition) is 2. The van der Waals surface area contributed by atoms with Gasteiger partial charge in [-0.15, -0.1) is 11.3 Å². The van der Waals surface area contributed by atoms with Gasteiger partial charge in [0.25, 0.3) is 0 Å². The third kappa shape index (κ3) is 3.71. The van der Waals surface area contributed by atoms with Crippen LogP contribution in [0.2, 0.25) is 0 Å². The summed E-state index contributed by atoms with van der Waals surface area (Å²) >= 11 is 1.59. The minimum atomic E-state index is -1.12. The first-order valence-corrected chi connectivity index (χ1v) is 6.47. The first kappa shape index (κ1) is 12.8. The molecule has 2 amide bonds. The van der Waals surface area contributed by atoms with Crippen molar-refractivity contribution < 1.29 is 19.5 Å². The molecule has 0 aliphatic heterocycles. The van der Waals surface area contributed by atoms with Gasteiger partial charge < -0.3 is 10.0 Å². The molecule has 1 aliphatic rings. The molecule has 1 aromatic heterocycles. The molecule has 0 spiro atoms. The van der Waals surface area contributed by atoms with Gasteiger partial charge in [0.2, 0.25) is 0 Å². The van der Waals surface area contributed by atoms with E-state index in [1.807, 2.05) is 17.5 Å². The smallest absolute Gasteiger partial charge is 0.341 e.